The highest BCUT2D eigenvalue weighted by Gasteiger charge is 2.44. The average molecular weight is 380 g/mol. The molecule has 1 fully saturated rings. The third-order valence-electron chi connectivity index (χ3n) is 4.16. The number of aromatic nitrogens is 3. The van der Waals surface area contributed by atoms with Gasteiger partial charge in [0.05, 0.1) is 18.4 Å². The predicted octanol–water partition coefficient (Wildman–Crippen LogP) is -1.81. The number of carbonyl (C=O) groups is 1. The van der Waals surface area contributed by atoms with Crippen molar-refractivity contribution in [3.8, 4) is 0 Å². The lowest BCUT2D eigenvalue weighted by Gasteiger charge is -2.39. The Morgan fingerprint density at radius 2 is 2.04 bits per heavy atom. The molecule has 2 aromatic rings. The zero-order valence-corrected chi connectivity index (χ0v) is 14.1. The molecule has 27 heavy (non-hydrogen) atoms. The van der Waals surface area contributed by atoms with Gasteiger partial charge >= 0.3 is 5.97 Å². The molecule has 0 unspecified atom stereocenters. The number of anilines is 1. The van der Waals surface area contributed by atoms with E-state index in [0.29, 0.717) is 5.69 Å². The Balaban J connectivity index is 1.65. The number of ether oxygens (including phenoxy) is 2. The second-order valence-corrected chi connectivity index (χ2v) is 6.11. The number of nitrogens with two attached hydrogens (primary N) is 1. The van der Waals surface area contributed by atoms with E-state index >= 15 is 0 Å². The minimum Gasteiger partial charge on any atom is -0.455 e. The molecule has 6 N–H and O–H groups in total. The Morgan fingerprint density at radius 1 is 1.26 bits per heavy atom. The Kier molecular flexibility index (Phi) is 5.68. The number of esters is 1. The predicted molar refractivity (Wildman–Crippen MR) is 89.0 cm³/mol. The minimum atomic E-state index is -1.53. The summed E-state index contributed by atoms with van der Waals surface area (Å²) in [7, 11) is 0. The third-order valence-corrected chi connectivity index (χ3v) is 4.16. The summed E-state index contributed by atoms with van der Waals surface area (Å²) in [4.78, 5) is 12.0. The number of aliphatic hydroxyl groups excluding tert-OH is 4. The lowest BCUT2D eigenvalue weighted by Crippen LogP contribution is -2.56. The molecule has 1 aromatic carbocycles. The second kappa shape index (κ2) is 7.98. The van der Waals surface area contributed by atoms with Crippen molar-refractivity contribution in [3.05, 3.63) is 41.7 Å². The van der Waals surface area contributed by atoms with Gasteiger partial charge in [-0.1, -0.05) is 11.3 Å². The van der Waals surface area contributed by atoms with E-state index in [9.17, 15) is 25.2 Å². The fraction of sp³-hybridized carbons (Fsp3) is 0.438. The summed E-state index contributed by atoms with van der Waals surface area (Å²) < 4.78 is 11.6. The quantitative estimate of drug-likeness (QED) is 0.294. The fourth-order valence-electron chi connectivity index (χ4n) is 2.69. The number of carbonyl (C=O) groups excluding carboxylic acids is 1. The van der Waals surface area contributed by atoms with E-state index in [1.807, 2.05) is 0 Å². The van der Waals surface area contributed by atoms with Gasteiger partial charge in [0.15, 0.2) is 6.23 Å². The van der Waals surface area contributed by atoms with Crippen LogP contribution in [0.3, 0.4) is 0 Å². The van der Waals surface area contributed by atoms with Crippen molar-refractivity contribution >= 4 is 11.7 Å². The van der Waals surface area contributed by atoms with Gasteiger partial charge in [0, 0.05) is 5.69 Å². The van der Waals surface area contributed by atoms with Gasteiger partial charge in [-0.15, -0.1) is 5.10 Å². The first-order valence-corrected chi connectivity index (χ1v) is 8.14. The molecule has 1 aromatic heterocycles. The van der Waals surface area contributed by atoms with Crippen molar-refractivity contribution in [1.29, 1.82) is 0 Å². The van der Waals surface area contributed by atoms with E-state index in [2.05, 4.69) is 10.3 Å². The second-order valence-electron chi connectivity index (χ2n) is 6.11. The van der Waals surface area contributed by atoms with Crippen LogP contribution in [0.25, 0.3) is 0 Å². The van der Waals surface area contributed by atoms with E-state index < -0.39 is 43.2 Å². The normalized spacial score (nSPS) is 28.1. The molecule has 0 amide bonds. The van der Waals surface area contributed by atoms with Crippen LogP contribution in [0.1, 0.15) is 22.3 Å². The van der Waals surface area contributed by atoms with Crippen molar-refractivity contribution < 1.29 is 34.7 Å². The average Bonchev–Trinajstić information content (AvgIpc) is 3.13. The first-order valence-electron chi connectivity index (χ1n) is 8.14. The largest absolute Gasteiger partial charge is 0.455 e. The van der Waals surface area contributed by atoms with Gasteiger partial charge in [-0.3, -0.25) is 0 Å². The molecule has 5 atom stereocenters. The highest BCUT2D eigenvalue weighted by atomic mass is 16.6. The number of benzene rings is 1. The number of nitrogen functional groups attached to an aromatic ring is 1. The Bertz CT molecular complexity index is 797. The van der Waals surface area contributed by atoms with Crippen molar-refractivity contribution in [2.75, 3.05) is 12.3 Å². The van der Waals surface area contributed by atoms with Gasteiger partial charge < -0.3 is 35.6 Å². The lowest BCUT2D eigenvalue weighted by molar-refractivity contribution is -0.254. The molecular weight excluding hydrogens is 360 g/mol. The van der Waals surface area contributed by atoms with Gasteiger partial charge in [0.25, 0.3) is 0 Å². The molecule has 0 bridgehead atoms. The highest BCUT2D eigenvalue weighted by Crippen LogP contribution is 2.27. The van der Waals surface area contributed by atoms with Crippen LogP contribution >= 0.6 is 0 Å². The molecule has 2 heterocycles. The highest BCUT2D eigenvalue weighted by molar-refractivity contribution is 5.90. The summed E-state index contributed by atoms with van der Waals surface area (Å²) in [6.07, 6.45) is -5.38. The van der Waals surface area contributed by atoms with Gasteiger partial charge in [-0.25, -0.2) is 9.48 Å². The summed E-state index contributed by atoms with van der Waals surface area (Å²) in [5.41, 5.74) is 6.60. The van der Waals surface area contributed by atoms with Crippen molar-refractivity contribution in [2.24, 2.45) is 0 Å². The van der Waals surface area contributed by atoms with E-state index in [-0.39, 0.29) is 17.9 Å². The van der Waals surface area contributed by atoms with Gasteiger partial charge in [0.1, 0.15) is 36.7 Å². The van der Waals surface area contributed by atoms with Crippen molar-refractivity contribution in [2.45, 2.75) is 37.3 Å². The van der Waals surface area contributed by atoms with Crippen LogP contribution in [0, 0.1) is 0 Å². The molecule has 11 heteroatoms. The maximum atomic E-state index is 12.0. The number of hydrogen-bond acceptors (Lipinski definition) is 10. The van der Waals surface area contributed by atoms with Gasteiger partial charge in [-0.2, -0.15) is 0 Å². The molecular formula is C16H20N4O7. The smallest absolute Gasteiger partial charge is 0.338 e. The van der Waals surface area contributed by atoms with Crippen LogP contribution in [0.2, 0.25) is 0 Å². The van der Waals surface area contributed by atoms with Crippen molar-refractivity contribution in [1.82, 2.24) is 15.0 Å². The molecule has 11 nitrogen and oxygen atoms in total. The standard InChI is InChI=1S/C16H20N4O7/c17-9-3-1-2-8(4-9)16(25)26-7-10-5-20(19-18-10)15-14(24)13(23)12(22)11(6-21)27-15/h1-5,11-15,21-24H,6-7,17H2/t11-,12-,13+,14+,15+/m1/s1. The lowest BCUT2D eigenvalue weighted by atomic mass is 9.98. The van der Waals surface area contributed by atoms with Gasteiger partial charge in [-0.05, 0) is 18.2 Å². The molecule has 0 saturated carbocycles. The first-order chi connectivity index (χ1) is 12.9. The summed E-state index contributed by atoms with van der Waals surface area (Å²) in [5.74, 6) is -0.593. The Hall–Kier alpha value is -2.57. The monoisotopic (exact) mass is 380 g/mol. The number of rotatable bonds is 5. The molecule has 0 spiro atoms. The maximum Gasteiger partial charge on any atom is 0.338 e. The van der Waals surface area contributed by atoms with Crippen LogP contribution in [0.5, 0.6) is 0 Å². The first kappa shape index (κ1) is 19.2. The zero-order valence-electron chi connectivity index (χ0n) is 14.1. The van der Waals surface area contributed by atoms with E-state index in [0.717, 1.165) is 4.68 Å². The molecule has 1 aliphatic heterocycles. The van der Waals surface area contributed by atoms with Crippen LogP contribution in [0.15, 0.2) is 30.5 Å². The van der Waals surface area contributed by atoms with Crippen LogP contribution in [0.4, 0.5) is 5.69 Å². The van der Waals surface area contributed by atoms with E-state index in [1.165, 1.54) is 12.3 Å². The van der Waals surface area contributed by atoms with Crippen LogP contribution < -0.4 is 5.73 Å². The minimum absolute atomic E-state index is 0.189. The van der Waals surface area contributed by atoms with Crippen LogP contribution in [-0.2, 0) is 16.1 Å². The molecule has 146 valence electrons. The topological polar surface area (TPSA) is 173 Å². The van der Waals surface area contributed by atoms with Crippen LogP contribution in [-0.4, -0.2) is 72.4 Å². The Morgan fingerprint density at radius 3 is 2.74 bits per heavy atom. The van der Waals surface area contributed by atoms with E-state index in [4.69, 9.17) is 15.2 Å². The van der Waals surface area contributed by atoms with Crippen molar-refractivity contribution in [3.63, 3.8) is 0 Å². The summed E-state index contributed by atoms with van der Waals surface area (Å²) >= 11 is 0. The number of hydrogen-bond donors (Lipinski definition) is 5. The molecule has 3 rings (SSSR count). The van der Waals surface area contributed by atoms with Gasteiger partial charge in [0.2, 0.25) is 0 Å². The summed E-state index contributed by atoms with van der Waals surface area (Å²) in [6, 6.07) is 6.31. The molecule has 0 radical (unpaired) electrons. The summed E-state index contributed by atoms with van der Waals surface area (Å²) in [5, 5.41) is 46.5. The Labute approximate surface area is 153 Å². The number of nitrogens with zero attached hydrogens (tertiary/aromatic N) is 3. The fourth-order valence-corrected chi connectivity index (χ4v) is 2.69. The SMILES string of the molecule is Nc1cccc(C(=O)OCc2cn([C@H]3O[C@H](CO)[C@@H](O)[C@H](O)[C@@H]3O)nn2)c1. The summed E-state index contributed by atoms with van der Waals surface area (Å²) in [6.45, 7) is -0.744. The zero-order chi connectivity index (χ0) is 19.6. The third kappa shape index (κ3) is 4.07. The maximum absolute atomic E-state index is 12.0. The molecule has 0 aliphatic carbocycles. The number of aliphatic hydroxyl groups is 4. The molecule has 1 aliphatic rings. The molecule has 1 saturated heterocycles. The van der Waals surface area contributed by atoms with E-state index in [1.54, 1.807) is 18.2 Å².